The molecule has 0 radical (unpaired) electrons. The van der Waals surface area contributed by atoms with Gasteiger partial charge in [0.25, 0.3) is 0 Å². The van der Waals surface area contributed by atoms with E-state index in [2.05, 4.69) is 5.32 Å². The lowest BCUT2D eigenvalue weighted by Crippen LogP contribution is -2.37. The summed E-state index contributed by atoms with van der Waals surface area (Å²) in [6, 6.07) is 5.39. The van der Waals surface area contributed by atoms with Crippen LogP contribution in [0.15, 0.2) is 18.2 Å². The Kier molecular flexibility index (Phi) is 2.36. The Morgan fingerprint density at radius 3 is 2.56 bits per heavy atom. The predicted molar refractivity (Wildman–Crippen MR) is 60.0 cm³/mol. The lowest BCUT2D eigenvalue weighted by atomic mass is 9.86. The lowest BCUT2D eigenvalue weighted by molar-refractivity contribution is 0.353. The normalized spacial score (nSPS) is 32.9. The third-order valence-corrected chi connectivity index (χ3v) is 3.90. The number of hydrogen-bond donors (Lipinski definition) is 2. The number of aromatic hydroxyl groups is 1. The number of nitrogens with one attached hydrogen (secondary N) is 1. The van der Waals surface area contributed by atoms with E-state index in [4.69, 9.17) is 0 Å². The average molecular weight is 221 g/mol. The summed E-state index contributed by atoms with van der Waals surface area (Å²) in [5.74, 6) is 0.306. The maximum Gasteiger partial charge on any atom is 0.123 e. The maximum atomic E-state index is 13.2. The van der Waals surface area contributed by atoms with Crippen LogP contribution in [0.25, 0.3) is 0 Å². The first-order valence-electron chi connectivity index (χ1n) is 5.97. The second-order valence-corrected chi connectivity index (χ2v) is 5.01. The Morgan fingerprint density at radius 1 is 1.19 bits per heavy atom. The van der Waals surface area contributed by atoms with Crippen molar-refractivity contribution in [1.82, 2.24) is 5.32 Å². The molecule has 0 spiro atoms. The van der Waals surface area contributed by atoms with E-state index in [1.165, 1.54) is 31.0 Å². The van der Waals surface area contributed by atoms with Gasteiger partial charge in [-0.15, -0.1) is 0 Å². The van der Waals surface area contributed by atoms with Crippen molar-refractivity contribution < 1.29 is 9.50 Å². The van der Waals surface area contributed by atoms with E-state index in [9.17, 15) is 9.50 Å². The standard InChI is InChI=1S/C13H16FNO/c14-9-1-4-13(16)12(7-9)8-5-10-2-3-11(6-8)15-10/h1,4,7-8,10-11,15-16H,2-3,5-6H2/t8?,10-,11+. The first-order chi connectivity index (χ1) is 7.72. The fourth-order valence-corrected chi connectivity index (χ4v) is 3.16. The summed E-state index contributed by atoms with van der Waals surface area (Å²) in [4.78, 5) is 0. The van der Waals surface area contributed by atoms with Crippen LogP contribution < -0.4 is 5.32 Å². The third-order valence-electron chi connectivity index (χ3n) is 3.90. The van der Waals surface area contributed by atoms with E-state index in [1.54, 1.807) is 0 Å². The molecule has 2 aliphatic rings. The highest BCUT2D eigenvalue weighted by molar-refractivity contribution is 5.36. The molecule has 3 atom stereocenters. The van der Waals surface area contributed by atoms with E-state index in [0.29, 0.717) is 18.0 Å². The van der Waals surface area contributed by atoms with Gasteiger partial charge in [0.1, 0.15) is 11.6 Å². The van der Waals surface area contributed by atoms with Crippen molar-refractivity contribution in [3.05, 3.63) is 29.6 Å². The summed E-state index contributed by atoms with van der Waals surface area (Å²) in [6.07, 6.45) is 4.48. The van der Waals surface area contributed by atoms with E-state index < -0.39 is 0 Å². The Hall–Kier alpha value is -1.09. The molecule has 0 aliphatic carbocycles. The van der Waals surface area contributed by atoms with Crippen molar-refractivity contribution in [2.75, 3.05) is 0 Å². The number of piperidine rings is 1. The molecule has 1 aromatic carbocycles. The minimum atomic E-state index is -0.251. The van der Waals surface area contributed by atoms with Gasteiger partial charge in [-0.05, 0) is 55.4 Å². The molecule has 2 N–H and O–H groups in total. The molecule has 2 saturated heterocycles. The topological polar surface area (TPSA) is 32.3 Å². The molecule has 2 fully saturated rings. The van der Waals surface area contributed by atoms with Crippen LogP contribution in [0.5, 0.6) is 5.75 Å². The fraction of sp³-hybridized carbons (Fsp3) is 0.538. The molecule has 16 heavy (non-hydrogen) atoms. The Balaban J connectivity index is 1.89. The zero-order valence-corrected chi connectivity index (χ0v) is 9.12. The van der Waals surface area contributed by atoms with Gasteiger partial charge in [-0.25, -0.2) is 4.39 Å². The summed E-state index contributed by atoms with van der Waals surface area (Å²) in [5.41, 5.74) is 0.790. The van der Waals surface area contributed by atoms with Crippen LogP contribution >= 0.6 is 0 Å². The maximum absolute atomic E-state index is 13.2. The lowest BCUT2D eigenvalue weighted by Gasteiger charge is -2.29. The predicted octanol–water partition coefficient (Wildman–Crippen LogP) is 2.53. The number of phenolic OH excluding ortho intramolecular Hbond substituents is 1. The molecule has 0 amide bonds. The van der Waals surface area contributed by atoms with Gasteiger partial charge in [0.15, 0.2) is 0 Å². The Bertz CT molecular complexity index is 395. The molecule has 1 aromatic rings. The zero-order valence-electron chi connectivity index (χ0n) is 9.12. The molecule has 86 valence electrons. The minimum absolute atomic E-state index is 0.243. The Labute approximate surface area is 94.5 Å². The quantitative estimate of drug-likeness (QED) is 0.763. The first-order valence-corrected chi connectivity index (χ1v) is 5.97. The van der Waals surface area contributed by atoms with E-state index in [1.807, 2.05) is 0 Å². The van der Waals surface area contributed by atoms with Gasteiger partial charge in [0, 0.05) is 12.1 Å². The molecule has 3 heteroatoms. The summed E-state index contributed by atoms with van der Waals surface area (Å²) < 4.78 is 13.2. The molecule has 1 unspecified atom stereocenters. The summed E-state index contributed by atoms with van der Waals surface area (Å²) in [5, 5.41) is 13.3. The van der Waals surface area contributed by atoms with Gasteiger partial charge in [0.2, 0.25) is 0 Å². The van der Waals surface area contributed by atoms with Crippen LogP contribution in [0.3, 0.4) is 0 Å². The number of fused-ring (bicyclic) bond motifs is 2. The van der Waals surface area contributed by atoms with Crippen LogP contribution in [0, 0.1) is 5.82 Å². The Morgan fingerprint density at radius 2 is 1.88 bits per heavy atom. The largest absolute Gasteiger partial charge is 0.508 e. The molecule has 0 aromatic heterocycles. The first kappa shape index (κ1) is 10.1. The SMILES string of the molecule is Oc1ccc(F)cc1C1C[C@H]2CC[C@@H](C1)N2. The number of hydrogen-bond acceptors (Lipinski definition) is 2. The van der Waals surface area contributed by atoms with Crippen LogP contribution in [0.2, 0.25) is 0 Å². The van der Waals surface area contributed by atoms with Gasteiger partial charge in [-0.2, -0.15) is 0 Å². The van der Waals surface area contributed by atoms with Crippen molar-refractivity contribution in [3.8, 4) is 5.75 Å². The van der Waals surface area contributed by atoms with Crippen molar-refractivity contribution in [2.45, 2.75) is 43.7 Å². The second-order valence-electron chi connectivity index (χ2n) is 5.01. The zero-order chi connectivity index (χ0) is 11.1. The molecular weight excluding hydrogens is 205 g/mol. The van der Waals surface area contributed by atoms with Crippen LogP contribution in [0.1, 0.15) is 37.2 Å². The molecule has 2 heterocycles. The molecule has 2 aliphatic heterocycles. The van der Waals surface area contributed by atoms with Crippen LogP contribution in [0.4, 0.5) is 4.39 Å². The summed E-state index contributed by atoms with van der Waals surface area (Å²) in [7, 11) is 0. The molecule has 0 saturated carbocycles. The number of benzene rings is 1. The van der Waals surface area contributed by atoms with Crippen molar-refractivity contribution in [3.63, 3.8) is 0 Å². The van der Waals surface area contributed by atoms with Crippen molar-refractivity contribution in [1.29, 1.82) is 0 Å². The summed E-state index contributed by atoms with van der Waals surface area (Å²) >= 11 is 0. The number of phenols is 1. The van der Waals surface area contributed by atoms with Crippen LogP contribution in [-0.4, -0.2) is 17.2 Å². The van der Waals surface area contributed by atoms with Gasteiger partial charge in [0.05, 0.1) is 0 Å². The number of halogens is 1. The summed E-state index contributed by atoms with van der Waals surface area (Å²) in [6.45, 7) is 0. The van der Waals surface area contributed by atoms with Gasteiger partial charge >= 0.3 is 0 Å². The highest BCUT2D eigenvalue weighted by Gasteiger charge is 2.34. The van der Waals surface area contributed by atoms with Crippen LogP contribution in [-0.2, 0) is 0 Å². The van der Waals surface area contributed by atoms with Crippen molar-refractivity contribution >= 4 is 0 Å². The fourth-order valence-electron chi connectivity index (χ4n) is 3.16. The van der Waals surface area contributed by atoms with Crippen molar-refractivity contribution in [2.24, 2.45) is 0 Å². The van der Waals surface area contributed by atoms with Gasteiger partial charge < -0.3 is 10.4 Å². The minimum Gasteiger partial charge on any atom is -0.508 e. The highest BCUT2D eigenvalue weighted by atomic mass is 19.1. The third kappa shape index (κ3) is 1.69. The molecule has 3 rings (SSSR count). The smallest absolute Gasteiger partial charge is 0.123 e. The van der Waals surface area contributed by atoms with E-state index >= 15 is 0 Å². The van der Waals surface area contributed by atoms with E-state index in [0.717, 1.165) is 18.4 Å². The monoisotopic (exact) mass is 221 g/mol. The average Bonchev–Trinajstić information content (AvgIpc) is 2.61. The highest BCUT2D eigenvalue weighted by Crippen LogP contribution is 2.40. The van der Waals surface area contributed by atoms with E-state index in [-0.39, 0.29) is 11.6 Å². The number of rotatable bonds is 1. The van der Waals surface area contributed by atoms with Gasteiger partial charge in [-0.1, -0.05) is 0 Å². The molecule has 2 bridgehead atoms. The molecular formula is C13H16FNO. The second kappa shape index (κ2) is 3.74. The van der Waals surface area contributed by atoms with Gasteiger partial charge in [-0.3, -0.25) is 0 Å². The molecule has 2 nitrogen and oxygen atoms in total.